The van der Waals surface area contributed by atoms with E-state index in [2.05, 4.69) is 50.0 Å². The summed E-state index contributed by atoms with van der Waals surface area (Å²) in [5.41, 5.74) is 1.15. The molecule has 4 N–H and O–H groups in total. The summed E-state index contributed by atoms with van der Waals surface area (Å²) in [6, 6.07) is 10.3. The van der Waals surface area contributed by atoms with E-state index in [1.807, 2.05) is 39.0 Å². The third-order valence-electron chi connectivity index (χ3n) is 3.74. The van der Waals surface area contributed by atoms with Crippen molar-refractivity contribution < 1.29 is 5.11 Å². The highest BCUT2D eigenvalue weighted by molar-refractivity contribution is 5.44. The molecule has 1 unspecified atom stereocenters. The number of aromatic nitrogens is 3. The predicted molar refractivity (Wildman–Crippen MR) is 102 cm³/mol. The SMILES string of the molecule is CC[C@H](CO)Nc1nc(NC(C)C)nc(NC(C)c2ccccc2)n1. The van der Waals surface area contributed by atoms with E-state index in [4.69, 9.17) is 0 Å². The first-order valence-corrected chi connectivity index (χ1v) is 8.73. The summed E-state index contributed by atoms with van der Waals surface area (Å²) in [4.78, 5) is 13.3. The zero-order valence-corrected chi connectivity index (χ0v) is 15.3. The minimum atomic E-state index is -0.0892. The predicted octanol–water partition coefficient (Wildman–Crippen LogP) is 3.05. The van der Waals surface area contributed by atoms with Gasteiger partial charge in [0.15, 0.2) is 0 Å². The zero-order chi connectivity index (χ0) is 18.2. The van der Waals surface area contributed by atoms with Crippen LogP contribution >= 0.6 is 0 Å². The minimum absolute atomic E-state index is 0.0261. The molecule has 0 spiro atoms. The second-order valence-corrected chi connectivity index (χ2v) is 6.31. The number of anilines is 3. The quantitative estimate of drug-likeness (QED) is 0.555. The molecule has 1 heterocycles. The van der Waals surface area contributed by atoms with E-state index >= 15 is 0 Å². The lowest BCUT2D eigenvalue weighted by Crippen LogP contribution is -2.25. The van der Waals surface area contributed by atoms with Crippen LogP contribution < -0.4 is 16.0 Å². The van der Waals surface area contributed by atoms with Crippen LogP contribution in [0.15, 0.2) is 30.3 Å². The molecule has 0 aliphatic heterocycles. The van der Waals surface area contributed by atoms with Crippen molar-refractivity contribution in [3.63, 3.8) is 0 Å². The van der Waals surface area contributed by atoms with Gasteiger partial charge in [-0.1, -0.05) is 37.3 Å². The van der Waals surface area contributed by atoms with Crippen LogP contribution in [-0.2, 0) is 0 Å². The Kier molecular flexibility index (Phi) is 6.94. The van der Waals surface area contributed by atoms with Crippen LogP contribution in [0.25, 0.3) is 0 Å². The number of aliphatic hydroxyl groups excluding tert-OH is 1. The van der Waals surface area contributed by atoms with Gasteiger partial charge in [-0.2, -0.15) is 15.0 Å². The summed E-state index contributed by atoms with van der Waals surface area (Å²) in [5, 5.41) is 19.1. The van der Waals surface area contributed by atoms with Crippen molar-refractivity contribution in [1.82, 2.24) is 15.0 Å². The maximum atomic E-state index is 9.40. The van der Waals surface area contributed by atoms with Gasteiger partial charge in [-0.05, 0) is 32.8 Å². The molecular weight excluding hydrogens is 316 g/mol. The number of aliphatic hydroxyl groups is 1. The van der Waals surface area contributed by atoms with Gasteiger partial charge in [-0.3, -0.25) is 0 Å². The number of hydrogen-bond acceptors (Lipinski definition) is 7. The Morgan fingerprint density at radius 2 is 1.44 bits per heavy atom. The van der Waals surface area contributed by atoms with Crippen LogP contribution in [-0.4, -0.2) is 38.7 Å². The number of nitrogens with zero attached hydrogens (tertiary/aromatic N) is 3. The van der Waals surface area contributed by atoms with Crippen molar-refractivity contribution >= 4 is 17.8 Å². The molecule has 0 radical (unpaired) electrons. The maximum absolute atomic E-state index is 9.40. The molecule has 2 atom stereocenters. The van der Waals surface area contributed by atoms with Crippen LogP contribution in [0.2, 0.25) is 0 Å². The first kappa shape index (κ1) is 18.9. The highest BCUT2D eigenvalue weighted by Gasteiger charge is 2.13. The summed E-state index contributed by atoms with van der Waals surface area (Å²) in [7, 11) is 0. The van der Waals surface area contributed by atoms with Crippen molar-refractivity contribution in [3.05, 3.63) is 35.9 Å². The maximum Gasteiger partial charge on any atom is 0.229 e. The Hall–Kier alpha value is -2.41. The molecule has 2 rings (SSSR count). The van der Waals surface area contributed by atoms with E-state index in [0.29, 0.717) is 17.8 Å². The zero-order valence-electron chi connectivity index (χ0n) is 15.3. The van der Waals surface area contributed by atoms with Crippen LogP contribution in [0.4, 0.5) is 17.8 Å². The Labute approximate surface area is 149 Å². The summed E-state index contributed by atoms with van der Waals surface area (Å²) < 4.78 is 0. The van der Waals surface area contributed by atoms with Gasteiger partial charge in [0.05, 0.1) is 18.7 Å². The van der Waals surface area contributed by atoms with Crippen LogP contribution in [0.3, 0.4) is 0 Å². The molecule has 0 amide bonds. The standard InChI is InChI=1S/C18H28N6O/c1-5-15(11-25)21-18-23-16(19-12(2)3)22-17(24-18)20-13(4)14-9-7-6-8-10-14/h6-10,12-13,15,25H,5,11H2,1-4H3,(H3,19,20,21,22,23,24)/t13?,15-/m1/s1. The molecule has 0 aliphatic carbocycles. The normalized spacial score (nSPS) is 13.4. The average molecular weight is 344 g/mol. The second-order valence-electron chi connectivity index (χ2n) is 6.31. The van der Waals surface area contributed by atoms with E-state index in [1.165, 1.54) is 0 Å². The monoisotopic (exact) mass is 344 g/mol. The molecule has 0 saturated heterocycles. The fourth-order valence-corrected chi connectivity index (χ4v) is 2.31. The van der Waals surface area contributed by atoms with Crippen molar-refractivity contribution in [2.75, 3.05) is 22.6 Å². The molecule has 136 valence electrons. The van der Waals surface area contributed by atoms with Crippen LogP contribution in [0.1, 0.15) is 45.7 Å². The minimum Gasteiger partial charge on any atom is -0.394 e. The summed E-state index contributed by atoms with van der Waals surface area (Å²) in [5.74, 6) is 1.44. The summed E-state index contributed by atoms with van der Waals surface area (Å²) in [6.07, 6.45) is 0.776. The molecule has 0 fully saturated rings. The van der Waals surface area contributed by atoms with Gasteiger partial charge < -0.3 is 21.1 Å². The molecule has 7 nitrogen and oxygen atoms in total. The molecule has 0 saturated carbocycles. The van der Waals surface area contributed by atoms with E-state index < -0.39 is 0 Å². The lowest BCUT2D eigenvalue weighted by Gasteiger charge is -2.18. The number of rotatable bonds is 9. The largest absolute Gasteiger partial charge is 0.394 e. The molecule has 2 aromatic rings. The van der Waals surface area contributed by atoms with E-state index in [0.717, 1.165) is 12.0 Å². The first-order valence-electron chi connectivity index (χ1n) is 8.73. The third kappa shape index (κ3) is 5.86. The molecule has 0 bridgehead atoms. The number of hydrogen-bond donors (Lipinski definition) is 4. The van der Waals surface area contributed by atoms with Gasteiger partial charge in [-0.15, -0.1) is 0 Å². The van der Waals surface area contributed by atoms with Crippen molar-refractivity contribution in [3.8, 4) is 0 Å². The molecule has 25 heavy (non-hydrogen) atoms. The molecule has 1 aromatic carbocycles. The molecule has 0 aliphatic rings. The number of benzene rings is 1. The summed E-state index contributed by atoms with van der Waals surface area (Å²) >= 11 is 0. The van der Waals surface area contributed by atoms with E-state index in [9.17, 15) is 5.11 Å². The Bertz CT molecular complexity index is 645. The third-order valence-corrected chi connectivity index (χ3v) is 3.74. The van der Waals surface area contributed by atoms with Gasteiger partial charge in [0.1, 0.15) is 0 Å². The fraction of sp³-hybridized carbons (Fsp3) is 0.500. The second kappa shape index (κ2) is 9.17. The average Bonchev–Trinajstić information content (AvgIpc) is 2.59. The molecule has 1 aromatic heterocycles. The smallest absolute Gasteiger partial charge is 0.229 e. The first-order chi connectivity index (χ1) is 12.0. The van der Waals surface area contributed by atoms with Gasteiger partial charge in [0, 0.05) is 6.04 Å². The molecular formula is C18H28N6O. The van der Waals surface area contributed by atoms with Gasteiger partial charge in [0.25, 0.3) is 0 Å². The van der Waals surface area contributed by atoms with Crippen LogP contribution in [0, 0.1) is 0 Å². The van der Waals surface area contributed by atoms with Gasteiger partial charge in [-0.25, -0.2) is 0 Å². The fourth-order valence-electron chi connectivity index (χ4n) is 2.31. The Balaban J connectivity index is 2.22. The lowest BCUT2D eigenvalue weighted by molar-refractivity contribution is 0.271. The highest BCUT2D eigenvalue weighted by atomic mass is 16.3. The Morgan fingerprint density at radius 3 is 1.96 bits per heavy atom. The topological polar surface area (TPSA) is 95.0 Å². The van der Waals surface area contributed by atoms with Crippen molar-refractivity contribution in [2.45, 2.75) is 52.2 Å². The van der Waals surface area contributed by atoms with Crippen molar-refractivity contribution in [2.24, 2.45) is 0 Å². The Morgan fingerprint density at radius 1 is 0.880 bits per heavy atom. The van der Waals surface area contributed by atoms with Crippen molar-refractivity contribution in [1.29, 1.82) is 0 Å². The van der Waals surface area contributed by atoms with Gasteiger partial charge in [0.2, 0.25) is 17.8 Å². The molecule has 7 heteroatoms. The highest BCUT2D eigenvalue weighted by Crippen LogP contribution is 2.19. The number of nitrogens with one attached hydrogen (secondary N) is 3. The van der Waals surface area contributed by atoms with E-state index in [1.54, 1.807) is 0 Å². The summed E-state index contributed by atoms with van der Waals surface area (Å²) in [6.45, 7) is 8.14. The van der Waals surface area contributed by atoms with E-state index in [-0.39, 0.29) is 24.7 Å². The van der Waals surface area contributed by atoms with Gasteiger partial charge >= 0.3 is 0 Å². The lowest BCUT2D eigenvalue weighted by atomic mass is 10.1. The van der Waals surface area contributed by atoms with Crippen LogP contribution in [0.5, 0.6) is 0 Å².